The number of nitriles is 1. The first kappa shape index (κ1) is 19.7. The lowest BCUT2D eigenvalue weighted by atomic mass is 9.70. The summed E-state index contributed by atoms with van der Waals surface area (Å²) in [4.78, 5) is 38.0. The van der Waals surface area contributed by atoms with Gasteiger partial charge in [0.25, 0.3) is 0 Å². The molecule has 24 heavy (non-hydrogen) atoms. The fourth-order valence-electron chi connectivity index (χ4n) is 2.84. The highest BCUT2D eigenvalue weighted by atomic mass is 16.6. The second-order valence-electron chi connectivity index (χ2n) is 5.43. The average molecular weight is 340 g/mol. The first-order valence-electron chi connectivity index (χ1n) is 8.11. The van der Waals surface area contributed by atoms with Crippen LogP contribution in [-0.4, -0.2) is 55.8 Å². The van der Waals surface area contributed by atoms with Crippen LogP contribution in [0, 0.1) is 22.7 Å². The van der Waals surface area contributed by atoms with E-state index in [1.54, 1.807) is 20.8 Å². The molecular formula is C16H24N2O6. The zero-order chi connectivity index (χ0) is 18.2. The molecule has 1 heterocycles. The topological polar surface area (TPSA) is 106 Å². The molecule has 0 aromatic carbocycles. The van der Waals surface area contributed by atoms with Crippen LogP contribution in [0.4, 0.5) is 4.79 Å². The molecule has 134 valence electrons. The zero-order valence-corrected chi connectivity index (χ0v) is 14.4. The smallest absolute Gasteiger partial charge is 0.409 e. The van der Waals surface area contributed by atoms with Crippen molar-refractivity contribution in [2.75, 3.05) is 32.9 Å². The molecule has 1 rings (SSSR count). The Balaban J connectivity index is 3.14. The van der Waals surface area contributed by atoms with Gasteiger partial charge in [0.2, 0.25) is 0 Å². The van der Waals surface area contributed by atoms with Crippen molar-refractivity contribution in [1.82, 2.24) is 4.90 Å². The molecule has 1 unspecified atom stereocenters. The van der Waals surface area contributed by atoms with Crippen molar-refractivity contribution in [3.8, 4) is 6.07 Å². The minimum atomic E-state index is -1.39. The fraction of sp³-hybridized carbons (Fsp3) is 0.750. The van der Waals surface area contributed by atoms with Gasteiger partial charge in [-0.05, 0) is 33.6 Å². The number of carbonyl (C=O) groups is 3. The van der Waals surface area contributed by atoms with Crippen molar-refractivity contribution >= 4 is 18.0 Å². The summed E-state index contributed by atoms with van der Waals surface area (Å²) in [6, 6.07) is 2.07. The van der Waals surface area contributed by atoms with Crippen LogP contribution in [-0.2, 0) is 23.8 Å². The molecule has 0 N–H and O–H groups in total. The summed E-state index contributed by atoms with van der Waals surface area (Å²) in [7, 11) is 0. The minimum absolute atomic E-state index is 0.0787. The van der Waals surface area contributed by atoms with Crippen LogP contribution in [0.5, 0.6) is 0 Å². The van der Waals surface area contributed by atoms with E-state index in [4.69, 9.17) is 14.2 Å². The van der Waals surface area contributed by atoms with Crippen molar-refractivity contribution in [2.45, 2.75) is 33.6 Å². The molecule has 0 aromatic heterocycles. The molecule has 0 aliphatic carbocycles. The Morgan fingerprint density at radius 2 is 1.62 bits per heavy atom. The van der Waals surface area contributed by atoms with Gasteiger partial charge in [0.15, 0.2) is 5.92 Å². The van der Waals surface area contributed by atoms with Gasteiger partial charge in [-0.3, -0.25) is 9.59 Å². The SMILES string of the molecule is CCOC(=O)C(C(=O)OCC)C1(C#N)CCCN(C(=O)OCC)C1. The normalized spacial score (nSPS) is 20.2. The molecule has 0 bridgehead atoms. The molecule has 0 spiro atoms. The average Bonchev–Trinajstić information content (AvgIpc) is 2.56. The highest BCUT2D eigenvalue weighted by Gasteiger charge is 2.53. The Morgan fingerprint density at radius 1 is 1.08 bits per heavy atom. The molecule has 8 heteroatoms. The Morgan fingerprint density at radius 3 is 2.08 bits per heavy atom. The van der Waals surface area contributed by atoms with E-state index in [2.05, 4.69) is 6.07 Å². The standard InChI is InChI=1S/C16H24N2O6/c1-4-22-13(19)12(14(20)23-5-2)16(10-17)8-7-9-18(11-16)15(21)24-6-3/h12H,4-9,11H2,1-3H3. The summed E-state index contributed by atoms with van der Waals surface area (Å²) in [5, 5.41) is 9.73. The third kappa shape index (κ3) is 4.37. The van der Waals surface area contributed by atoms with Gasteiger partial charge in [0.1, 0.15) is 0 Å². The third-order valence-corrected chi connectivity index (χ3v) is 3.87. The van der Waals surface area contributed by atoms with Gasteiger partial charge in [-0.25, -0.2) is 4.79 Å². The molecule has 1 amide bonds. The molecule has 1 fully saturated rings. The van der Waals surface area contributed by atoms with Crippen LogP contribution < -0.4 is 0 Å². The van der Waals surface area contributed by atoms with E-state index < -0.39 is 29.4 Å². The summed E-state index contributed by atoms with van der Waals surface area (Å²) >= 11 is 0. The Bertz CT molecular complexity index is 497. The molecule has 1 aliphatic rings. The van der Waals surface area contributed by atoms with E-state index in [-0.39, 0.29) is 26.4 Å². The summed E-state index contributed by atoms with van der Waals surface area (Å²) in [5.41, 5.74) is -1.39. The first-order valence-corrected chi connectivity index (χ1v) is 8.11. The number of hydrogen-bond donors (Lipinski definition) is 0. The summed E-state index contributed by atoms with van der Waals surface area (Å²) < 4.78 is 14.9. The lowest BCUT2D eigenvalue weighted by molar-refractivity contribution is -0.168. The first-order chi connectivity index (χ1) is 11.5. The molecule has 1 saturated heterocycles. The van der Waals surface area contributed by atoms with Gasteiger partial charge in [-0.1, -0.05) is 0 Å². The number of esters is 2. The van der Waals surface area contributed by atoms with Crippen molar-refractivity contribution in [3.05, 3.63) is 0 Å². The Labute approximate surface area is 141 Å². The van der Waals surface area contributed by atoms with Gasteiger partial charge in [0, 0.05) is 13.1 Å². The zero-order valence-electron chi connectivity index (χ0n) is 14.4. The molecule has 1 atom stereocenters. The Kier molecular flexibility index (Phi) is 7.49. The van der Waals surface area contributed by atoms with Crippen LogP contribution in [0.25, 0.3) is 0 Å². The van der Waals surface area contributed by atoms with E-state index in [0.717, 1.165) is 0 Å². The number of amides is 1. The second-order valence-corrected chi connectivity index (χ2v) is 5.43. The predicted molar refractivity (Wildman–Crippen MR) is 82.6 cm³/mol. The highest BCUT2D eigenvalue weighted by molar-refractivity contribution is 5.96. The Hall–Kier alpha value is -2.30. The maximum atomic E-state index is 12.3. The van der Waals surface area contributed by atoms with Crippen LogP contribution in [0.3, 0.4) is 0 Å². The number of ether oxygens (including phenoxy) is 3. The molecular weight excluding hydrogens is 316 g/mol. The monoisotopic (exact) mass is 340 g/mol. The number of piperidine rings is 1. The van der Waals surface area contributed by atoms with Crippen LogP contribution in [0.15, 0.2) is 0 Å². The van der Waals surface area contributed by atoms with Crippen molar-refractivity contribution in [1.29, 1.82) is 5.26 Å². The molecule has 1 aliphatic heterocycles. The van der Waals surface area contributed by atoms with Gasteiger partial charge in [-0.15, -0.1) is 0 Å². The van der Waals surface area contributed by atoms with Crippen molar-refractivity contribution in [3.63, 3.8) is 0 Å². The lowest BCUT2D eigenvalue weighted by Crippen LogP contribution is -2.53. The van der Waals surface area contributed by atoms with E-state index in [9.17, 15) is 19.6 Å². The number of rotatable bonds is 6. The highest BCUT2D eigenvalue weighted by Crippen LogP contribution is 2.39. The van der Waals surface area contributed by atoms with Crippen LogP contribution >= 0.6 is 0 Å². The number of likely N-dealkylation sites (tertiary alicyclic amines) is 1. The van der Waals surface area contributed by atoms with Crippen molar-refractivity contribution < 1.29 is 28.6 Å². The molecule has 0 saturated carbocycles. The maximum absolute atomic E-state index is 12.3. The fourth-order valence-corrected chi connectivity index (χ4v) is 2.84. The lowest BCUT2D eigenvalue weighted by Gasteiger charge is -2.40. The summed E-state index contributed by atoms with van der Waals surface area (Å²) in [5.74, 6) is -2.99. The number of hydrogen-bond acceptors (Lipinski definition) is 7. The minimum Gasteiger partial charge on any atom is -0.465 e. The molecule has 0 aromatic rings. The predicted octanol–water partition coefficient (Wildman–Crippen LogP) is 1.49. The van der Waals surface area contributed by atoms with E-state index in [1.807, 2.05) is 0 Å². The van der Waals surface area contributed by atoms with E-state index in [1.165, 1.54) is 4.90 Å². The quantitative estimate of drug-likeness (QED) is 0.409. The van der Waals surface area contributed by atoms with E-state index >= 15 is 0 Å². The van der Waals surface area contributed by atoms with Crippen molar-refractivity contribution in [2.24, 2.45) is 11.3 Å². The van der Waals surface area contributed by atoms with Gasteiger partial charge < -0.3 is 19.1 Å². The summed E-state index contributed by atoms with van der Waals surface area (Å²) in [6.07, 6.45) is 0.201. The van der Waals surface area contributed by atoms with Gasteiger partial charge >= 0.3 is 18.0 Å². The largest absolute Gasteiger partial charge is 0.465 e. The molecule has 0 radical (unpaired) electrons. The maximum Gasteiger partial charge on any atom is 0.409 e. The van der Waals surface area contributed by atoms with E-state index in [0.29, 0.717) is 19.4 Å². The summed E-state index contributed by atoms with van der Waals surface area (Å²) in [6.45, 7) is 5.60. The second kappa shape index (κ2) is 9.11. The van der Waals surface area contributed by atoms with Gasteiger partial charge in [-0.2, -0.15) is 5.26 Å². The van der Waals surface area contributed by atoms with Gasteiger partial charge in [0.05, 0.1) is 31.3 Å². The third-order valence-electron chi connectivity index (χ3n) is 3.87. The van der Waals surface area contributed by atoms with Crippen LogP contribution in [0.2, 0.25) is 0 Å². The molecule has 8 nitrogen and oxygen atoms in total. The van der Waals surface area contributed by atoms with Crippen LogP contribution in [0.1, 0.15) is 33.6 Å². The number of nitrogens with zero attached hydrogens (tertiary/aromatic N) is 2. The number of carbonyl (C=O) groups excluding carboxylic acids is 3.